The van der Waals surface area contributed by atoms with Crippen LogP contribution in [0.1, 0.15) is 50.7 Å². The number of hydrogen-bond donors (Lipinski definition) is 2. The molecule has 1 saturated heterocycles. The van der Waals surface area contributed by atoms with E-state index in [9.17, 15) is 19.5 Å². The van der Waals surface area contributed by atoms with Gasteiger partial charge in [0.25, 0.3) is 0 Å². The Morgan fingerprint density at radius 3 is 2.12 bits per heavy atom. The second-order valence-electron chi connectivity index (χ2n) is 10.1. The molecule has 2 aliphatic rings. The summed E-state index contributed by atoms with van der Waals surface area (Å²) in [4.78, 5) is 38.1. The number of carbonyl (C=O) groups excluding carboxylic acids is 2. The van der Waals surface area contributed by atoms with Crippen LogP contribution in [0, 0.1) is 0 Å². The summed E-state index contributed by atoms with van der Waals surface area (Å²) < 4.78 is 10.0. The SMILES string of the molecule is CC(C)(C)OC(=O)[N+]1(C(=O)O)C[C@@H](N)C[C@H]1CC(=O)OCC1c2ccccc2-c2ccccc21. The smallest absolute Gasteiger partial charge is 0.464 e. The number of hydrogen-bond acceptors (Lipinski definition) is 6. The molecule has 3 atom stereocenters. The summed E-state index contributed by atoms with van der Waals surface area (Å²) in [6, 6.07) is 14.6. The van der Waals surface area contributed by atoms with Crippen molar-refractivity contribution in [3.05, 3.63) is 59.7 Å². The molecule has 1 aliphatic carbocycles. The van der Waals surface area contributed by atoms with Crippen molar-refractivity contribution in [2.45, 2.75) is 57.2 Å². The van der Waals surface area contributed by atoms with Gasteiger partial charge in [-0.05, 0) is 43.0 Å². The topological polar surface area (TPSA) is 116 Å². The lowest BCUT2D eigenvalue weighted by Crippen LogP contribution is -2.61. The van der Waals surface area contributed by atoms with Crippen LogP contribution < -0.4 is 5.73 Å². The van der Waals surface area contributed by atoms with Crippen LogP contribution in [0.5, 0.6) is 0 Å². The van der Waals surface area contributed by atoms with E-state index < -0.39 is 40.3 Å². The summed E-state index contributed by atoms with van der Waals surface area (Å²) in [5.41, 5.74) is 9.59. The van der Waals surface area contributed by atoms with E-state index in [2.05, 4.69) is 12.1 Å². The molecule has 34 heavy (non-hydrogen) atoms. The Bertz CT molecular complexity index is 1080. The molecule has 0 radical (unpaired) electrons. The predicted molar refractivity (Wildman–Crippen MR) is 125 cm³/mol. The maximum absolute atomic E-state index is 13.0. The summed E-state index contributed by atoms with van der Waals surface area (Å²) >= 11 is 0. The Morgan fingerprint density at radius 2 is 1.59 bits per heavy atom. The van der Waals surface area contributed by atoms with Gasteiger partial charge in [-0.15, -0.1) is 4.48 Å². The van der Waals surface area contributed by atoms with Gasteiger partial charge in [0.2, 0.25) is 0 Å². The Kier molecular flexibility index (Phi) is 6.22. The number of fused-ring (bicyclic) bond motifs is 3. The van der Waals surface area contributed by atoms with Crippen molar-refractivity contribution in [1.29, 1.82) is 0 Å². The molecular formula is C26H31N2O6+. The van der Waals surface area contributed by atoms with Gasteiger partial charge in [-0.3, -0.25) is 4.79 Å². The van der Waals surface area contributed by atoms with Crippen LogP contribution in [-0.4, -0.2) is 58.6 Å². The van der Waals surface area contributed by atoms with Crippen molar-refractivity contribution in [3.8, 4) is 11.1 Å². The minimum atomic E-state index is -1.38. The largest absolute Gasteiger partial charge is 0.527 e. The van der Waals surface area contributed by atoms with Gasteiger partial charge < -0.3 is 20.3 Å². The quantitative estimate of drug-likeness (QED) is 0.510. The van der Waals surface area contributed by atoms with E-state index in [1.807, 2.05) is 36.4 Å². The van der Waals surface area contributed by atoms with Gasteiger partial charge in [0, 0.05) is 12.3 Å². The summed E-state index contributed by atoms with van der Waals surface area (Å²) in [6.45, 7) is 5.00. The molecule has 0 aromatic heterocycles. The van der Waals surface area contributed by atoms with Crippen molar-refractivity contribution in [1.82, 2.24) is 0 Å². The molecule has 2 aromatic carbocycles. The highest BCUT2D eigenvalue weighted by atomic mass is 16.6. The van der Waals surface area contributed by atoms with Crippen molar-refractivity contribution < 1.29 is 33.4 Å². The molecular weight excluding hydrogens is 436 g/mol. The molecule has 4 rings (SSSR count). The zero-order valence-electron chi connectivity index (χ0n) is 19.7. The number of nitrogens with zero attached hydrogens (tertiary/aromatic N) is 1. The monoisotopic (exact) mass is 467 g/mol. The number of esters is 1. The number of rotatable bonds is 4. The van der Waals surface area contributed by atoms with E-state index in [-0.39, 0.29) is 31.9 Å². The average molecular weight is 468 g/mol. The van der Waals surface area contributed by atoms with Crippen LogP contribution in [0.3, 0.4) is 0 Å². The molecule has 1 unspecified atom stereocenters. The van der Waals surface area contributed by atoms with Crippen LogP contribution >= 0.6 is 0 Å². The van der Waals surface area contributed by atoms with Gasteiger partial charge in [0.1, 0.15) is 24.8 Å². The van der Waals surface area contributed by atoms with Crippen LogP contribution in [0.4, 0.5) is 9.59 Å². The number of amides is 2. The normalized spacial score (nSPS) is 23.8. The number of ether oxygens (including phenoxy) is 2. The lowest BCUT2D eigenvalue weighted by molar-refractivity contribution is -0.798. The van der Waals surface area contributed by atoms with Crippen molar-refractivity contribution in [3.63, 3.8) is 0 Å². The van der Waals surface area contributed by atoms with Crippen LogP contribution in [-0.2, 0) is 14.3 Å². The number of carboxylic acid groups (broad SMARTS) is 1. The molecule has 0 spiro atoms. The highest BCUT2D eigenvalue weighted by Gasteiger charge is 2.60. The fraction of sp³-hybridized carbons (Fsp3) is 0.423. The first-order valence-electron chi connectivity index (χ1n) is 11.5. The molecule has 1 fully saturated rings. The third-order valence-electron chi connectivity index (χ3n) is 6.56. The van der Waals surface area contributed by atoms with E-state index in [1.165, 1.54) is 0 Å². The van der Waals surface area contributed by atoms with Gasteiger partial charge in [-0.25, -0.2) is 0 Å². The number of benzene rings is 2. The van der Waals surface area contributed by atoms with E-state index in [1.54, 1.807) is 20.8 Å². The number of likely N-dealkylation sites (tertiary alicyclic amines) is 1. The van der Waals surface area contributed by atoms with Gasteiger partial charge >= 0.3 is 18.2 Å². The maximum atomic E-state index is 13.0. The van der Waals surface area contributed by atoms with Crippen LogP contribution in [0.15, 0.2) is 48.5 Å². The maximum Gasteiger partial charge on any atom is 0.527 e. The molecule has 0 bridgehead atoms. The van der Waals surface area contributed by atoms with Crippen LogP contribution in [0.25, 0.3) is 11.1 Å². The molecule has 1 aliphatic heterocycles. The molecule has 8 nitrogen and oxygen atoms in total. The first-order chi connectivity index (χ1) is 16.0. The molecule has 8 heteroatoms. The second kappa shape index (κ2) is 8.85. The zero-order valence-corrected chi connectivity index (χ0v) is 19.7. The molecule has 180 valence electrons. The van der Waals surface area contributed by atoms with Crippen LogP contribution in [0.2, 0.25) is 0 Å². The van der Waals surface area contributed by atoms with Gasteiger partial charge in [0.15, 0.2) is 0 Å². The molecule has 3 N–H and O–H groups in total. The number of quaternary nitrogens is 1. The summed E-state index contributed by atoms with van der Waals surface area (Å²) in [7, 11) is 0. The Labute approximate surface area is 198 Å². The van der Waals surface area contributed by atoms with E-state index in [0.29, 0.717) is 0 Å². The van der Waals surface area contributed by atoms with Gasteiger partial charge in [-0.1, -0.05) is 48.5 Å². The predicted octanol–water partition coefficient (Wildman–Crippen LogP) is 4.26. The Balaban J connectivity index is 1.50. The van der Waals surface area contributed by atoms with E-state index in [0.717, 1.165) is 22.3 Å². The molecule has 0 saturated carbocycles. The zero-order chi connectivity index (χ0) is 24.7. The van der Waals surface area contributed by atoms with Crippen molar-refractivity contribution in [2.24, 2.45) is 5.73 Å². The van der Waals surface area contributed by atoms with Crippen molar-refractivity contribution >= 4 is 18.2 Å². The highest BCUT2D eigenvalue weighted by molar-refractivity contribution is 5.80. The summed E-state index contributed by atoms with van der Waals surface area (Å²) in [5, 5.41) is 10.0. The number of nitrogens with two attached hydrogens (primary N) is 1. The highest BCUT2D eigenvalue weighted by Crippen LogP contribution is 2.44. The lowest BCUT2D eigenvalue weighted by Gasteiger charge is -2.32. The van der Waals surface area contributed by atoms with Crippen molar-refractivity contribution in [2.75, 3.05) is 13.2 Å². The summed E-state index contributed by atoms with van der Waals surface area (Å²) in [6.07, 6.45) is -2.33. The average Bonchev–Trinajstić information content (AvgIpc) is 3.26. The fourth-order valence-corrected chi connectivity index (χ4v) is 5.11. The Morgan fingerprint density at radius 1 is 1.03 bits per heavy atom. The minimum absolute atomic E-state index is 0.105. The third-order valence-corrected chi connectivity index (χ3v) is 6.56. The standard InChI is InChI=1S/C26H30N2O6/c1-26(2,3)34-25(32)28(24(30)31)14-16(27)12-17(28)13-23(29)33-15-22-20-10-6-4-8-18(20)19-9-5-7-11-21(19)22/h4-11,16-17,22H,12-15,27H2,1-3H3/p+1/t16-,17-,28?/m0/s1. The Hall–Kier alpha value is -3.23. The van der Waals surface area contributed by atoms with Gasteiger partial charge in [0.05, 0.1) is 12.5 Å². The molecule has 2 amide bonds. The summed E-state index contributed by atoms with van der Waals surface area (Å²) in [5.74, 6) is -0.667. The van der Waals surface area contributed by atoms with Gasteiger partial charge in [-0.2, -0.15) is 9.59 Å². The molecule has 2 aromatic rings. The van der Waals surface area contributed by atoms with E-state index >= 15 is 0 Å². The first kappa shape index (κ1) is 23.9. The first-order valence-corrected chi connectivity index (χ1v) is 11.5. The number of imide groups is 1. The molecule has 1 heterocycles. The minimum Gasteiger partial charge on any atom is -0.464 e. The number of carbonyl (C=O) groups is 3. The second-order valence-corrected chi connectivity index (χ2v) is 10.1. The van der Waals surface area contributed by atoms with E-state index in [4.69, 9.17) is 15.2 Å². The lowest BCUT2D eigenvalue weighted by atomic mass is 9.98. The fourth-order valence-electron chi connectivity index (χ4n) is 5.11. The third kappa shape index (κ3) is 4.31.